The molecular formula is C19H30N6O. The van der Waals surface area contributed by atoms with E-state index in [4.69, 9.17) is 4.52 Å². The fourth-order valence-electron chi connectivity index (χ4n) is 4.31. The molecule has 2 saturated heterocycles. The summed E-state index contributed by atoms with van der Waals surface area (Å²) < 4.78 is 7.63. The molecule has 0 amide bonds. The molecule has 26 heavy (non-hydrogen) atoms. The van der Waals surface area contributed by atoms with Gasteiger partial charge in [-0.05, 0) is 52.2 Å². The molecule has 0 bridgehead atoms. The third-order valence-corrected chi connectivity index (χ3v) is 5.74. The molecule has 2 aliphatic rings. The number of rotatable bonds is 5. The molecule has 2 aromatic rings. The summed E-state index contributed by atoms with van der Waals surface area (Å²) in [6.45, 7) is 8.22. The average Bonchev–Trinajstić information content (AvgIpc) is 3.22. The first-order valence-corrected chi connectivity index (χ1v) is 9.94. The molecule has 7 heteroatoms. The van der Waals surface area contributed by atoms with E-state index in [2.05, 4.69) is 36.8 Å². The van der Waals surface area contributed by atoms with Crippen LogP contribution < -0.4 is 0 Å². The Bertz CT molecular complexity index is 717. The maximum atomic E-state index is 5.39. The minimum absolute atomic E-state index is 0.445. The highest BCUT2D eigenvalue weighted by atomic mass is 16.5. The average molecular weight is 358 g/mol. The molecule has 2 fully saturated rings. The van der Waals surface area contributed by atoms with Crippen LogP contribution in [-0.2, 0) is 20.1 Å². The van der Waals surface area contributed by atoms with E-state index in [1.165, 1.54) is 45.2 Å². The van der Waals surface area contributed by atoms with Gasteiger partial charge < -0.3 is 9.09 Å². The zero-order chi connectivity index (χ0) is 17.9. The molecular weight excluding hydrogens is 328 g/mol. The zero-order valence-electron chi connectivity index (χ0n) is 16.0. The molecule has 2 aliphatic heterocycles. The first kappa shape index (κ1) is 17.7. The number of piperidine rings is 2. The number of aryl methyl sites for hydroxylation is 1. The van der Waals surface area contributed by atoms with Crippen LogP contribution in [0.4, 0.5) is 0 Å². The molecule has 0 saturated carbocycles. The second-order valence-corrected chi connectivity index (χ2v) is 7.88. The highest BCUT2D eigenvalue weighted by molar-refractivity contribution is 5.06. The maximum Gasteiger partial charge on any atom is 0.150 e. The van der Waals surface area contributed by atoms with Gasteiger partial charge in [0.2, 0.25) is 0 Å². The van der Waals surface area contributed by atoms with E-state index in [1.54, 1.807) is 0 Å². The first-order valence-electron chi connectivity index (χ1n) is 9.94. The largest absolute Gasteiger partial charge is 0.360 e. The zero-order valence-corrected chi connectivity index (χ0v) is 16.0. The second kappa shape index (κ2) is 7.88. The lowest BCUT2D eigenvalue weighted by atomic mass is 9.97. The summed E-state index contributed by atoms with van der Waals surface area (Å²) in [4.78, 5) is 4.96. The van der Waals surface area contributed by atoms with Crippen molar-refractivity contribution >= 4 is 0 Å². The van der Waals surface area contributed by atoms with Gasteiger partial charge in [-0.1, -0.05) is 11.6 Å². The third kappa shape index (κ3) is 3.99. The summed E-state index contributed by atoms with van der Waals surface area (Å²) in [6, 6.07) is 2.03. The fourth-order valence-corrected chi connectivity index (χ4v) is 4.31. The summed E-state index contributed by atoms with van der Waals surface area (Å²) in [5.74, 6) is 3.63. The van der Waals surface area contributed by atoms with E-state index in [-0.39, 0.29) is 0 Å². The van der Waals surface area contributed by atoms with Crippen LogP contribution in [0.5, 0.6) is 0 Å². The Kier molecular flexibility index (Phi) is 5.36. The van der Waals surface area contributed by atoms with E-state index in [0.717, 1.165) is 49.3 Å². The summed E-state index contributed by atoms with van der Waals surface area (Å²) in [7, 11) is 2.13. The van der Waals surface area contributed by atoms with Crippen molar-refractivity contribution in [2.45, 2.75) is 58.0 Å². The quantitative estimate of drug-likeness (QED) is 0.818. The Morgan fingerprint density at radius 1 is 1.04 bits per heavy atom. The van der Waals surface area contributed by atoms with E-state index in [9.17, 15) is 0 Å². The Labute approximate surface area is 155 Å². The van der Waals surface area contributed by atoms with Crippen molar-refractivity contribution in [2.24, 2.45) is 7.05 Å². The minimum Gasteiger partial charge on any atom is -0.360 e. The summed E-state index contributed by atoms with van der Waals surface area (Å²) in [5, 5.41) is 13.1. The minimum atomic E-state index is 0.445. The molecule has 4 heterocycles. The standard InChI is InChI=1S/C19H30N6O/c1-15-11-17(26-22-15)13-25-10-6-7-16(12-25)19-21-20-18(23(19)2)14-24-8-4-3-5-9-24/h11,16H,3-10,12-14H2,1-2H3/t16-/m1/s1. The van der Waals surface area contributed by atoms with Gasteiger partial charge in [0, 0.05) is 25.6 Å². The van der Waals surface area contributed by atoms with Crippen molar-refractivity contribution < 1.29 is 4.52 Å². The number of likely N-dealkylation sites (tertiary alicyclic amines) is 2. The van der Waals surface area contributed by atoms with Gasteiger partial charge in [0.1, 0.15) is 11.6 Å². The molecule has 2 aromatic heterocycles. The molecule has 0 radical (unpaired) electrons. The molecule has 0 spiro atoms. The van der Waals surface area contributed by atoms with Crippen LogP contribution in [0.15, 0.2) is 10.6 Å². The van der Waals surface area contributed by atoms with Crippen LogP contribution in [0.1, 0.15) is 61.1 Å². The molecule has 0 aromatic carbocycles. The lowest BCUT2D eigenvalue weighted by Gasteiger charge is -2.31. The molecule has 142 valence electrons. The summed E-state index contributed by atoms with van der Waals surface area (Å²) in [5.41, 5.74) is 0.948. The molecule has 0 unspecified atom stereocenters. The predicted molar refractivity (Wildman–Crippen MR) is 98.6 cm³/mol. The molecule has 7 nitrogen and oxygen atoms in total. The van der Waals surface area contributed by atoms with Gasteiger partial charge >= 0.3 is 0 Å². The van der Waals surface area contributed by atoms with Crippen molar-refractivity contribution in [2.75, 3.05) is 26.2 Å². The van der Waals surface area contributed by atoms with E-state index >= 15 is 0 Å². The van der Waals surface area contributed by atoms with E-state index < -0.39 is 0 Å². The molecule has 0 aliphatic carbocycles. The first-order chi connectivity index (χ1) is 12.7. The molecule has 1 atom stereocenters. The Morgan fingerprint density at radius 3 is 2.62 bits per heavy atom. The lowest BCUT2D eigenvalue weighted by molar-refractivity contribution is 0.175. The SMILES string of the molecule is Cc1cc(CN2CCC[C@@H](c3nnc(CN4CCCCC4)n3C)C2)on1. The van der Waals surface area contributed by atoms with Crippen molar-refractivity contribution in [1.82, 2.24) is 29.7 Å². The topological polar surface area (TPSA) is 63.2 Å². The van der Waals surface area contributed by atoms with Gasteiger partial charge in [-0.25, -0.2) is 0 Å². The van der Waals surface area contributed by atoms with Crippen LogP contribution in [0, 0.1) is 6.92 Å². The summed E-state index contributed by atoms with van der Waals surface area (Å²) in [6.07, 6.45) is 6.35. The Morgan fingerprint density at radius 2 is 1.85 bits per heavy atom. The van der Waals surface area contributed by atoms with Crippen LogP contribution in [0.3, 0.4) is 0 Å². The van der Waals surface area contributed by atoms with Crippen molar-refractivity contribution in [3.05, 3.63) is 29.2 Å². The number of aromatic nitrogens is 4. The third-order valence-electron chi connectivity index (χ3n) is 5.74. The van der Waals surface area contributed by atoms with Crippen molar-refractivity contribution in [1.29, 1.82) is 0 Å². The van der Waals surface area contributed by atoms with Gasteiger partial charge in [-0.2, -0.15) is 0 Å². The Balaban J connectivity index is 1.40. The highest BCUT2D eigenvalue weighted by Crippen LogP contribution is 2.27. The normalized spacial score (nSPS) is 22.8. The van der Waals surface area contributed by atoms with E-state index in [0.29, 0.717) is 5.92 Å². The predicted octanol–water partition coefficient (Wildman–Crippen LogP) is 2.48. The van der Waals surface area contributed by atoms with Crippen molar-refractivity contribution in [3.8, 4) is 0 Å². The smallest absolute Gasteiger partial charge is 0.150 e. The van der Waals surface area contributed by atoms with Crippen LogP contribution >= 0.6 is 0 Å². The fraction of sp³-hybridized carbons (Fsp3) is 0.737. The van der Waals surface area contributed by atoms with Gasteiger partial charge in [-0.15, -0.1) is 10.2 Å². The van der Waals surface area contributed by atoms with E-state index in [1.807, 2.05) is 13.0 Å². The maximum absolute atomic E-state index is 5.39. The number of hydrogen-bond donors (Lipinski definition) is 0. The molecule has 0 N–H and O–H groups in total. The van der Waals surface area contributed by atoms with Gasteiger partial charge in [0.25, 0.3) is 0 Å². The monoisotopic (exact) mass is 358 g/mol. The lowest BCUT2D eigenvalue weighted by Crippen LogP contribution is -2.35. The van der Waals surface area contributed by atoms with Crippen LogP contribution in [0.25, 0.3) is 0 Å². The highest BCUT2D eigenvalue weighted by Gasteiger charge is 2.27. The second-order valence-electron chi connectivity index (χ2n) is 7.88. The van der Waals surface area contributed by atoms with Crippen LogP contribution in [0.2, 0.25) is 0 Å². The Hall–Kier alpha value is -1.73. The molecule has 4 rings (SSSR count). The van der Waals surface area contributed by atoms with Gasteiger partial charge in [0.15, 0.2) is 5.76 Å². The number of hydrogen-bond acceptors (Lipinski definition) is 6. The van der Waals surface area contributed by atoms with Gasteiger partial charge in [-0.3, -0.25) is 9.80 Å². The van der Waals surface area contributed by atoms with Crippen LogP contribution in [-0.4, -0.2) is 55.9 Å². The van der Waals surface area contributed by atoms with Crippen molar-refractivity contribution in [3.63, 3.8) is 0 Å². The summed E-state index contributed by atoms with van der Waals surface area (Å²) >= 11 is 0. The number of nitrogens with zero attached hydrogens (tertiary/aromatic N) is 6. The van der Waals surface area contributed by atoms with Gasteiger partial charge in [0.05, 0.1) is 18.8 Å².